The fourth-order valence-corrected chi connectivity index (χ4v) is 3.98. The molecule has 6 heteroatoms. The lowest BCUT2D eigenvalue weighted by atomic mass is 9.99. The van der Waals surface area contributed by atoms with Gasteiger partial charge in [0.15, 0.2) is 5.11 Å². The van der Waals surface area contributed by atoms with Crippen molar-refractivity contribution >= 4 is 51.7 Å². The van der Waals surface area contributed by atoms with Crippen LogP contribution in [0.3, 0.4) is 0 Å². The van der Waals surface area contributed by atoms with Crippen LogP contribution in [0.15, 0.2) is 66.2 Å². The number of ether oxygens (including phenoxy) is 1. The fourth-order valence-electron chi connectivity index (χ4n) is 3.70. The van der Waals surface area contributed by atoms with Crippen molar-refractivity contribution in [1.29, 1.82) is 0 Å². The number of thiocarbonyl (C=S) groups is 1. The number of rotatable bonds is 5. The summed E-state index contributed by atoms with van der Waals surface area (Å²) in [6, 6.07) is 19.2. The molecule has 3 aromatic rings. The number of anilines is 1. The number of nitrogens with one attached hydrogen (secondary N) is 1. The van der Waals surface area contributed by atoms with Crippen LogP contribution < -0.4 is 15.0 Å². The quantitative estimate of drug-likeness (QED) is 0.341. The zero-order valence-electron chi connectivity index (χ0n) is 18.2. The minimum atomic E-state index is -0.523. The van der Waals surface area contributed by atoms with Gasteiger partial charge in [-0.25, -0.2) is 0 Å². The largest absolute Gasteiger partial charge is 0.490 e. The fraction of sp³-hybridized carbons (Fsp3) is 0.192. The van der Waals surface area contributed by atoms with Gasteiger partial charge in [0, 0.05) is 5.56 Å². The van der Waals surface area contributed by atoms with Crippen LogP contribution in [0.2, 0.25) is 0 Å². The van der Waals surface area contributed by atoms with Crippen LogP contribution in [0.1, 0.15) is 31.9 Å². The topological polar surface area (TPSA) is 58.6 Å². The third kappa shape index (κ3) is 4.14. The molecule has 0 aromatic heterocycles. The van der Waals surface area contributed by atoms with Crippen LogP contribution in [0.25, 0.3) is 16.8 Å². The van der Waals surface area contributed by atoms with E-state index in [0.717, 1.165) is 22.8 Å². The molecule has 0 atom stereocenters. The predicted octanol–water partition coefficient (Wildman–Crippen LogP) is 5.02. The molecule has 0 radical (unpaired) electrons. The first-order valence-electron chi connectivity index (χ1n) is 10.6. The Kier molecular flexibility index (Phi) is 6.06. The van der Waals surface area contributed by atoms with Crippen molar-refractivity contribution in [3.63, 3.8) is 0 Å². The highest BCUT2D eigenvalue weighted by molar-refractivity contribution is 7.80. The van der Waals surface area contributed by atoms with Gasteiger partial charge in [-0.2, -0.15) is 0 Å². The van der Waals surface area contributed by atoms with E-state index < -0.39 is 11.8 Å². The minimum Gasteiger partial charge on any atom is -0.490 e. The molecular weight excluding hydrogens is 420 g/mol. The van der Waals surface area contributed by atoms with Crippen LogP contribution in [-0.4, -0.2) is 23.0 Å². The van der Waals surface area contributed by atoms with Gasteiger partial charge in [0.1, 0.15) is 11.3 Å². The van der Waals surface area contributed by atoms with Gasteiger partial charge >= 0.3 is 0 Å². The van der Waals surface area contributed by atoms with E-state index in [2.05, 4.69) is 12.2 Å². The number of hydrogen-bond donors (Lipinski definition) is 1. The molecule has 0 bridgehead atoms. The maximum atomic E-state index is 13.4. The summed E-state index contributed by atoms with van der Waals surface area (Å²) in [5.41, 5.74) is 2.45. The standard InChI is InChI=1S/C26H24N2O3S/c1-4-17-9-12-19(13-10-17)28-25(30)22(24(29)27-26(28)32)15-21-20-8-6-5-7-18(20)11-14-23(21)31-16(2)3/h5-16H,4H2,1-3H3,(H,27,29,32)/b22-15+. The average Bonchev–Trinajstić information content (AvgIpc) is 2.77. The summed E-state index contributed by atoms with van der Waals surface area (Å²) in [4.78, 5) is 27.6. The molecule has 1 fully saturated rings. The Labute approximate surface area is 192 Å². The lowest BCUT2D eigenvalue weighted by Crippen LogP contribution is -2.54. The lowest BCUT2D eigenvalue weighted by Gasteiger charge is -2.29. The van der Waals surface area contributed by atoms with Crippen molar-refractivity contribution in [2.24, 2.45) is 0 Å². The van der Waals surface area contributed by atoms with Crippen LogP contribution in [0.5, 0.6) is 5.75 Å². The zero-order valence-corrected chi connectivity index (χ0v) is 19.0. The second-order valence-corrected chi connectivity index (χ2v) is 8.23. The highest BCUT2D eigenvalue weighted by Gasteiger charge is 2.34. The van der Waals surface area contributed by atoms with Gasteiger partial charge in [0.25, 0.3) is 11.8 Å². The van der Waals surface area contributed by atoms with Gasteiger partial charge < -0.3 is 4.74 Å². The van der Waals surface area contributed by atoms with Crippen molar-refractivity contribution in [3.05, 3.63) is 77.4 Å². The molecule has 0 aliphatic carbocycles. The van der Waals surface area contributed by atoms with Crippen molar-refractivity contribution in [2.45, 2.75) is 33.3 Å². The molecule has 3 aromatic carbocycles. The summed E-state index contributed by atoms with van der Waals surface area (Å²) >= 11 is 5.32. The van der Waals surface area contributed by atoms with E-state index in [1.807, 2.05) is 74.5 Å². The number of nitrogens with zero attached hydrogens (tertiary/aromatic N) is 1. The van der Waals surface area contributed by atoms with Crippen molar-refractivity contribution in [2.75, 3.05) is 4.90 Å². The molecule has 4 rings (SSSR count). The molecule has 0 unspecified atom stereocenters. The second kappa shape index (κ2) is 8.93. The third-order valence-electron chi connectivity index (χ3n) is 5.29. The van der Waals surface area contributed by atoms with E-state index in [1.54, 1.807) is 6.08 Å². The monoisotopic (exact) mass is 444 g/mol. The Morgan fingerprint density at radius 2 is 1.75 bits per heavy atom. The normalized spacial score (nSPS) is 15.6. The Morgan fingerprint density at radius 1 is 1.03 bits per heavy atom. The van der Waals surface area contributed by atoms with Crippen molar-refractivity contribution in [3.8, 4) is 5.75 Å². The summed E-state index contributed by atoms with van der Waals surface area (Å²) < 4.78 is 6.00. The molecule has 1 N–H and O–H groups in total. The second-order valence-electron chi connectivity index (χ2n) is 7.84. The number of carbonyl (C=O) groups excluding carboxylic acids is 2. The third-order valence-corrected chi connectivity index (χ3v) is 5.57. The molecule has 162 valence electrons. The molecule has 5 nitrogen and oxygen atoms in total. The van der Waals surface area contributed by atoms with E-state index in [1.165, 1.54) is 4.90 Å². The van der Waals surface area contributed by atoms with Crippen LogP contribution in [-0.2, 0) is 16.0 Å². The average molecular weight is 445 g/mol. The molecular formula is C26H24N2O3S. The maximum absolute atomic E-state index is 13.4. The first kappa shape index (κ1) is 21.7. The Bertz CT molecular complexity index is 1250. The van der Waals surface area contributed by atoms with Gasteiger partial charge in [-0.05, 0) is 73.1 Å². The van der Waals surface area contributed by atoms with Crippen LogP contribution >= 0.6 is 12.2 Å². The first-order valence-corrected chi connectivity index (χ1v) is 11.0. The van der Waals surface area contributed by atoms with E-state index in [9.17, 15) is 9.59 Å². The summed E-state index contributed by atoms with van der Waals surface area (Å²) in [6.45, 7) is 5.93. The molecule has 0 spiro atoms. The van der Waals surface area contributed by atoms with E-state index in [0.29, 0.717) is 17.0 Å². The van der Waals surface area contributed by atoms with Crippen molar-refractivity contribution < 1.29 is 14.3 Å². The zero-order chi connectivity index (χ0) is 22.8. The lowest BCUT2D eigenvalue weighted by molar-refractivity contribution is -0.122. The Balaban J connectivity index is 1.83. The summed E-state index contributed by atoms with van der Waals surface area (Å²) in [7, 11) is 0. The van der Waals surface area contributed by atoms with Gasteiger partial charge in [-0.3, -0.25) is 19.8 Å². The predicted molar refractivity (Wildman–Crippen MR) is 132 cm³/mol. The Morgan fingerprint density at radius 3 is 2.44 bits per heavy atom. The SMILES string of the molecule is CCc1ccc(N2C(=O)/C(=C/c3c(OC(C)C)ccc4ccccc34)C(=O)NC2=S)cc1. The number of fused-ring (bicyclic) bond motifs is 1. The summed E-state index contributed by atoms with van der Waals surface area (Å²) in [6.07, 6.45) is 2.43. The maximum Gasteiger partial charge on any atom is 0.270 e. The molecule has 1 aliphatic rings. The first-order chi connectivity index (χ1) is 15.4. The number of aryl methyl sites for hydroxylation is 1. The summed E-state index contributed by atoms with van der Waals surface area (Å²) in [5, 5.41) is 4.60. The van der Waals surface area contributed by atoms with E-state index >= 15 is 0 Å². The van der Waals surface area contributed by atoms with Crippen LogP contribution in [0.4, 0.5) is 5.69 Å². The Hall–Kier alpha value is -3.51. The van der Waals surface area contributed by atoms with E-state index in [4.69, 9.17) is 17.0 Å². The highest BCUT2D eigenvalue weighted by atomic mass is 32.1. The molecule has 32 heavy (non-hydrogen) atoms. The van der Waals surface area contributed by atoms with Gasteiger partial charge in [0.05, 0.1) is 11.8 Å². The van der Waals surface area contributed by atoms with Crippen LogP contribution in [0, 0.1) is 0 Å². The number of benzene rings is 3. The number of amides is 2. The number of hydrogen-bond acceptors (Lipinski definition) is 4. The molecule has 0 saturated carbocycles. The van der Waals surface area contributed by atoms with Gasteiger partial charge in [-0.1, -0.05) is 49.4 Å². The van der Waals surface area contributed by atoms with Gasteiger partial charge in [-0.15, -0.1) is 0 Å². The number of carbonyl (C=O) groups is 2. The molecule has 1 saturated heterocycles. The molecule has 1 heterocycles. The smallest absolute Gasteiger partial charge is 0.270 e. The molecule has 2 amide bonds. The van der Waals surface area contributed by atoms with Gasteiger partial charge in [0.2, 0.25) is 0 Å². The molecule has 1 aliphatic heterocycles. The highest BCUT2D eigenvalue weighted by Crippen LogP contribution is 2.32. The minimum absolute atomic E-state index is 0.00290. The van der Waals surface area contributed by atoms with E-state index in [-0.39, 0.29) is 16.8 Å². The summed E-state index contributed by atoms with van der Waals surface area (Å²) in [5.74, 6) is -0.380. The van der Waals surface area contributed by atoms with Crippen molar-refractivity contribution in [1.82, 2.24) is 5.32 Å².